The zero-order valence-corrected chi connectivity index (χ0v) is 13.3. The fraction of sp³-hybridized carbons (Fsp3) is 0. The molecule has 0 amide bonds. The van der Waals surface area contributed by atoms with Crippen LogP contribution in [-0.2, 0) is 0 Å². The first-order valence-corrected chi connectivity index (χ1v) is 8.23. The van der Waals surface area contributed by atoms with Crippen LogP contribution in [0.25, 0.3) is 54.6 Å². The van der Waals surface area contributed by atoms with Gasteiger partial charge in [-0.05, 0) is 59.3 Å². The minimum Gasteiger partial charge on any atom is -0.456 e. The van der Waals surface area contributed by atoms with Gasteiger partial charge in [-0.3, -0.25) is 0 Å². The molecule has 4 heteroatoms. The maximum atomic E-state index is 13.5. The summed E-state index contributed by atoms with van der Waals surface area (Å²) in [5, 5.41) is 5.56. The summed E-state index contributed by atoms with van der Waals surface area (Å²) in [4.78, 5) is 0. The Balaban J connectivity index is 1.75. The van der Waals surface area contributed by atoms with Gasteiger partial charge in [0.05, 0.1) is 0 Å². The highest BCUT2D eigenvalue weighted by Crippen LogP contribution is 2.36. The molecule has 0 atom stereocenters. The topological polar surface area (TPSA) is 26.3 Å². The lowest BCUT2D eigenvalue weighted by Gasteiger charge is -1.99. The van der Waals surface area contributed by atoms with Gasteiger partial charge in [-0.25, -0.2) is 8.78 Å². The van der Waals surface area contributed by atoms with Crippen molar-refractivity contribution in [2.75, 3.05) is 0 Å². The van der Waals surface area contributed by atoms with Gasteiger partial charge in [-0.15, -0.1) is 0 Å². The highest BCUT2D eigenvalue weighted by molar-refractivity contribution is 6.14. The molecule has 0 bridgehead atoms. The van der Waals surface area contributed by atoms with Crippen LogP contribution in [-0.4, -0.2) is 0 Å². The normalized spacial score (nSPS) is 12.2. The van der Waals surface area contributed by atoms with Crippen LogP contribution in [0.15, 0.2) is 69.5 Å². The summed E-state index contributed by atoms with van der Waals surface area (Å²) >= 11 is 0. The van der Waals surface area contributed by atoms with E-state index in [1.807, 2.05) is 24.3 Å². The third-order valence-electron chi connectivity index (χ3n) is 4.94. The summed E-state index contributed by atoms with van der Waals surface area (Å²) in [5.41, 5.74) is 2.47. The summed E-state index contributed by atoms with van der Waals surface area (Å²) in [6.45, 7) is 0. The van der Waals surface area contributed by atoms with Gasteiger partial charge in [0.2, 0.25) is 0 Å². The van der Waals surface area contributed by atoms with E-state index in [1.165, 1.54) is 24.3 Å². The molecule has 2 nitrogen and oxygen atoms in total. The third kappa shape index (κ3) is 1.78. The molecule has 124 valence electrons. The molecule has 2 aromatic heterocycles. The molecule has 0 radical (unpaired) electrons. The summed E-state index contributed by atoms with van der Waals surface area (Å²) in [6, 6.07) is 17.0. The van der Waals surface area contributed by atoms with Crippen LogP contribution in [0.4, 0.5) is 8.78 Å². The van der Waals surface area contributed by atoms with Crippen LogP contribution in [0, 0.1) is 11.6 Å². The molecular weight excluding hydrogens is 334 g/mol. The Morgan fingerprint density at radius 2 is 0.885 bits per heavy atom. The average Bonchev–Trinajstić information content (AvgIpc) is 3.13. The second-order valence-corrected chi connectivity index (χ2v) is 6.53. The first-order chi connectivity index (χ1) is 12.7. The standard InChI is InChI=1S/C22H10F2O2/c23-13-1-3-15-17-5-11-8-20-18(16-4-2-14(24)10-22(16)26-20)6-12(11)7-19(17)25-21(15)9-13/h1-10H. The second-order valence-electron chi connectivity index (χ2n) is 6.53. The molecule has 4 aromatic carbocycles. The molecule has 6 aromatic rings. The average molecular weight is 344 g/mol. The van der Waals surface area contributed by atoms with Gasteiger partial charge in [0.1, 0.15) is 34.0 Å². The number of halogens is 2. The maximum absolute atomic E-state index is 13.5. The van der Waals surface area contributed by atoms with E-state index in [4.69, 9.17) is 8.83 Å². The molecular formula is C22H10F2O2. The summed E-state index contributed by atoms with van der Waals surface area (Å²) in [6.07, 6.45) is 0. The van der Waals surface area contributed by atoms with Gasteiger partial charge in [-0.2, -0.15) is 0 Å². The Bertz CT molecular complexity index is 1390. The predicted molar refractivity (Wildman–Crippen MR) is 98.4 cm³/mol. The quantitative estimate of drug-likeness (QED) is 0.299. The molecule has 0 N–H and O–H groups in total. The Kier molecular flexibility index (Phi) is 2.45. The van der Waals surface area contributed by atoms with Crippen LogP contribution < -0.4 is 0 Å². The van der Waals surface area contributed by atoms with Crippen LogP contribution >= 0.6 is 0 Å². The van der Waals surface area contributed by atoms with E-state index in [1.54, 1.807) is 12.1 Å². The van der Waals surface area contributed by atoms with E-state index in [-0.39, 0.29) is 11.6 Å². The molecule has 0 spiro atoms. The summed E-state index contributed by atoms with van der Waals surface area (Å²) in [5.74, 6) is -0.644. The van der Waals surface area contributed by atoms with Crippen molar-refractivity contribution in [1.82, 2.24) is 0 Å². The van der Waals surface area contributed by atoms with E-state index in [0.29, 0.717) is 22.3 Å². The van der Waals surface area contributed by atoms with Crippen molar-refractivity contribution in [1.29, 1.82) is 0 Å². The lowest BCUT2D eigenvalue weighted by Crippen LogP contribution is -1.75. The molecule has 6 rings (SSSR count). The minimum atomic E-state index is -0.322. The number of furan rings is 2. The molecule has 0 fully saturated rings. The van der Waals surface area contributed by atoms with Crippen LogP contribution in [0.1, 0.15) is 0 Å². The van der Waals surface area contributed by atoms with Crippen molar-refractivity contribution in [2.24, 2.45) is 0 Å². The van der Waals surface area contributed by atoms with Crippen LogP contribution in [0.2, 0.25) is 0 Å². The molecule has 0 aliphatic carbocycles. The van der Waals surface area contributed by atoms with E-state index in [2.05, 4.69) is 0 Å². The van der Waals surface area contributed by atoms with Crippen molar-refractivity contribution in [2.45, 2.75) is 0 Å². The molecule has 0 saturated heterocycles. The van der Waals surface area contributed by atoms with E-state index < -0.39 is 0 Å². The van der Waals surface area contributed by atoms with E-state index >= 15 is 0 Å². The Morgan fingerprint density at radius 3 is 1.35 bits per heavy atom. The van der Waals surface area contributed by atoms with Crippen LogP contribution in [0.3, 0.4) is 0 Å². The Morgan fingerprint density at radius 1 is 0.462 bits per heavy atom. The van der Waals surface area contributed by atoms with Gasteiger partial charge in [0, 0.05) is 33.7 Å². The van der Waals surface area contributed by atoms with Crippen molar-refractivity contribution in [3.8, 4) is 0 Å². The summed E-state index contributed by atoms with van der Waals surface area (Å²) in [7, 11) is 0. The van der Waals surface area contributed by atoms with Gasteiger partial charge in [-0.1, -0.05) is 0 Å². The third-order valence-corrected chi connectivity index (χ3v) is 4.94. The second kappa shape index (κ2) is 4.61. The number of hydrogen-bond acceptors (Lipinski definition) is 2. The van der Waals surface area contributed by atoms with Gasteiger partial charge >= 0.3 is 0 Å². The number of hydrogen-bond donors (Lipinski definition) is 0. The molecule has 0 saturated carbocycles. The Hall–Kier alpha value is -3.40. The molecule has 26 heavy (non-hydrogen) atoms. The molecule has 0 aliphatic rings. The fourth-order valence-electron chi connectivity index (χ4n) is 3.74. The van der Waals surface area contributed by atoms with Gasteiger partial charge < -0.3 is 8.83 Å². The Labute approximate surface area is 145 Å². The number of benzene rings is 4. The minimum absolute atomic E-state index is 0.322. The fourth-order valence-corrected chi connectivity index (χ4v) is 3.74. The molecule has 2 heterocycles. The molecule has 0 unspecified atom stereocenters. The van der Waals surface area contributed by atoms with Crippen molar-refractivity contribution in [3.63, 3.8) is 0 Å². The lowest BCUT2D eigenvalue weighted by atomic mass is 10.0. The van der Waals surface area contributed by atoms with Crippen molar-refractivity contribution < 1.29 is 17.6 Å². The zero-order valence-electron chi connectivity index (χ0n) is 13.3. The number of fused-ring (bicyclic) bond motifs is 7. The highest BCUT2D eigenvalue weighted by Gasteiger charge is 2.13. The van der Waals surface area contributed by atoms with E-state index in [9.17, 15) is 8.78 Å². The maximum Gasteiger partial charge on any atom is 0.138 e. The first-order valence-electron chi connectivity index (χ1n) is 8.23. The van der Waals surface area contributed by atoms with Crippen molar-refractivity contribution in [3.05, 3.63) is 72.3 Å². The largest absolute Gasteiger partial charge is 0.456 e. The SMILES string of the molecule is Fc1ccc2c(c1)oc1cc3cc4c(cc3cc12)oc1cc(F)ccc14. The monoisotopic (exact) mass is 344 g/mol. The predicted octanol–water partition coefficient (Wildman–Crippen LogP) is 6.92. The number of rotatable bonds is 0. The highest BCUT2D eigenvalue weighted by atomic mass is 19.1. The van der Waals surface area contributed by atoms with Gasteiger partial charge in [0.25, 0.3) is 0 Å². The van der Waals surface area contributed by atoms with Gasteiger partial charge in [0.15, 0.2) is 0 Å². The zero-order chi connectivity index (χ0) is 17.4. The van der Waals surface area contributed by atoms with Crippen LogP contribution in [0.5, 0.6) is 0 Å². The smallest absolute Gasteiger partial charge is 0.138 e. The van der Waals surface area contributed by atoms with Crippen molar-refractivity contribution >= 4 is 54.6 Å². The lowest BCUT2D eigenvalue weighted by molar-refractivity contribution is 0.617. The summed E-state index contributed by atoms with van der Waals surface area (Å²) < 4.78 is 38.6. The van der Waals surface area contributed by atoms with E-state index in [0.717, 1.165) is 32.3 Å². The molecule has 0 aliphatic heterocycles. The first kappa shape index (κ1) is 13.8.